The quantitative estimate of drug-likeness (QED) is 0.869. The molecule has 1 aromatic rings. The average Bonchev–Trinajstić information content (AvgIpc) is 2.85. The molecule has 0 saturated carbocycles. The summed E-state index contributed by atoms with van der Waals surface area (Å²) in [5.74, 6) is 0.663. The van der Waals surface area contributed by atoms with E-state index in [9.17, 15) is 0 Å². The minimum absolute atomic E-state index is 0.139. The highest BCUT2D eigenvalue weighted by Gasteiger charge is 2.23. The molecule has 0 bridgehead atoms. The molecule has 2 rings (SSSR count). The van der Waals surface area contributed by atoms with Crippen LogP contribution in [0.4, 0.5) is 5.69 Å². The highest BCUT2D eigenvalue weighted by Crippen LogP contribution is 2.28. The number of hydrogen-bond acceptors (Lipinski definition) is 3. The van der Waals surface area contributed by atoms with E-state index in [1.165, 1.54) is 22.1 Å². The zero-order chi connectivity index (χ0) is 15.5. The maximum absolute atomic E-state index is 5.27. The third kappa shape index (κ3) is 4.97. The van der Waals surface area contributed by atoms with Crippen LogP contribution < -0.4 is 10.2 Å². The SMILES string of the molecule is COCC1CCN(c2ccc(CNC(C)(C)C)c(Br)c2)C1. The van der Waals surface area contributed by atoms with Gasteiger partial charge in [-0.2, -0.15) is 0 Å². The fraction of sp³-hybridized carbons (Fsp3) is 0.647. The van der Waals surface area contributed by atoms with E-state index in [1.54, 1.807) is 7.11 Å². The highest BCUT2D eigenvalue weighted by molar-refractivity contribution is 9.10. The molecule has 0 radical (unpaired) electrons. The van der Waals surface area contributed by atoms with Crippen molar-refractivity contribution in [3.8, 4) is 0 Å². The predicted molar refractivity (Wildman–Crippen MR) is 92.9 cm³/mol. The number of nitrogens with one attached hydrogen (secondary N) is 1. The van der Waals surface area contributed by atoms with Crippen LogP contribution in [0.15, 0.2) is 22.7 Å². The first-order valence-corrected chi connectivity index (χ1v) is 8.45. The molecule has 1 saturated heterocycles. The third-order valence-corrected chi connectivity index (χ3v) is 4.64. The van der Waals surface area contributed by atoms with Crippen LogP contribution >= 0.6 is 15.9 Å². The fourth-order valence-electron chi connectivity index (χ4n) is 2.68. The molecule has 21 heavy (non-hydrogen) atoms. The summed E-state index contributed by atoms with van der Waals surface area (Å²) in [5.41, 5.74) is 2.75. The molecular weight excluding hydrogens is 328 g/mol. The van der Waals surface area contributed by atoms with Crippen molar-refractivity contribution in [1.82, 2.24) is 5.32 Å². The number of halogens is 1. The molecule has 1 aliphatic rings. The van der Waals surface area contributed by atoms with Crippen LogP contribution in [-0.2, 0) is 11.3 Å². The average molecular weight is 355 g/mol. The molecule has 0 aromatic heterocycles. The van der Waals surface area contributed by atoms with E-state index in [2.05, 4.69) is 65.1 Å². The van der Waals surface area contributed by atoms with Crippen molar-refractivity contribution in [2.24, 2.45) is 5.92 Å². The second-order valence-corrected chi connectivity index (χ2v) is 7.79. The first kappa shape index (κ1) is 16.8. The third-order valence-electron chi connectivity index (χ3n) is 3.90. The van der Waals surface area contributed by atoms with Crippen LogP contribution in [0.1, 0.15) is 32.8 Å². The number of ether oxygens (including phenoxy) is 1. The number of rotatable bonds is 5. The molecule has 1 aliphatic heterocycles. The van der Waals surface area contributed by atoms with Gasteiger partial charge < -0.3 is 15.0 Å². The van der Waals surface area contributed by atoms with E-state index in [0.717, 1.165) is 26.2 Å². The Hall–Kier alpha value is -0.580. The lowest BCUT2D eigenvalue weighted by molar-refractivity contribution is 0.161. The first-order valence-electron chi connectivity index (χ1n) is 7.66. The second kappa shape index (κ2) is 7.12. The Labute approximate surface area is 137 Å². The summed E-state index contributed by atoms with van der Waals surface area (Å²) >= 11 is 3.72. The first-order chi connectivity index (χ1) is 9.89. The van der Waals surface area contributed by atoms with E-state index >= 15 is 0 Å². The van der Waals surface area contributed by atoms with Crippen molar-refractivity contribution < 1.29 is 4.74 Å². The number of benzene rings is 1. The van der Waals surface area contributed by atoms with E-state index < -0.39 is 0 Å². The van der Waals surface area contributed by atoms with Crippen molar-refractivity contribution >= 4 is 21.6 Å². The summed E-state index contributed by atoms with van der Waals surface area (Å²) in [6.07, 6.45) is 1.22. The smallest absolute Gasteiger partial charge is 0.0508 e. The van der Waals surface area contributed by atoms with Gasteiger partial charge in [0.05, 0.1) is 6.61 Å². The van der Waals surface area contributed by atoms with Crippen LogP contribution in [0, 0.1) is 5.92 Å². The van der Waals surface area contributed by atoms with Gasteiger partial charge in [0.1, 0.15) is 0 Å². The van der Waals surface area contributed by atoms with Gasteiger partial charge in [0.2, 0.25) is 0 Å². The van der Waals surface area contributed by atoms with E-state index in [4.69, 9.17) is 4.74 Å². The second-order valence-electron chi connectivity index (χ2n) is 6.94. The van der Waals surface area contributed by atoms with Crippen molar-refractivity contribution in [3.05, 3.63) is 28.2 Å². The number of nitrogens with zero attached hydrogens (tertiary/aromatic N) is 1. The fourth-order valence-corrected chi connectivity index (χ4v) is 3.18. The summed E-state index contributed by atoms with van der Waals surface area (Å²) in [7, 11) is 1.79. The lowest BCUT2D eigenvalue weighted by atomic mass is 10.1. The normalized spacial score (nSPS) is 19.3. The Balaban J connectivity index is 1.99. The van der Waals surface area contributed by atoms with Gasteiger partial charge in [-0.3, -0.25) is 0 Å². The molecule has 1 atom stereocenters. The van der Waals surface area contributed by atoms with Gasteiger partial charge in [-0.1, -0.05) is 22.0 Å². The topological polar surface area (TPSA) is 24.5 Å². The van der Waals surface area contributed by atoms with Gasteiger partial charge in [0.15, 0.2) is 0 Å². The minimum Gasteiger partial charge on any atom is -0.384 e. The molecule has 1 heterocycles. The number of hydrogen-bond donors (Lipinski definition) is 1. The molecule has 3 nitrogen and oxygen atoms in total. The van der Waals surface area contributed by atoms with E-state index in [1.807, 2.05) is 0 Å². The Morgan fingerprint density at radius 1 is 1.38 bits per heavy atom. The summed E-state index contributed by atoms with van der Waals surface area (Å²) in [5, 5.41) is 3.53. The molecule has 0 amide bonds. The van der Waals surface area contributed by atoms with Crippen molar-refractivity contribution in [2.75, 3.05) is 31.7 Å². The van der Waals surface area contributed by atoms with Crippen molar-refractivity contribution in [2.45, 2.75) is 39.3 Å². The van der Waals surface area contributed by atoms with Crippen molar-refractivity contribution in [3.63, 3.8) is 0 Å². The molecule has 1 N–H and O–H groups in total. The van der Waals surface area contributed by atoms with E-state index in [-0.39, 0.29) is 5.54 Å². The maximum atomic E-state index is 5.27. The summed E-state index contributed by atoms with van der Waals surface area (Å²) in [6.45, 7) is 10.5. The lowest BCUT2D eigenvalue weighted by Crippen LogP contribution is -2.35. The van der Waals surface area contributed by atoms with Crippen LogP contribution in [0.25, 0.3) is 0 Å². The summed E-state index contributed by atoms with van der Waals surface area (Å²) < 4.78 is 6.46. The highest BCUT2D eigenvalue weighted by atomic mass is 79.9. The van der Waals surface area contributed by atoms with Crippen molar-refractivity contribution in [1.29, 1.82) is 0 Å². The monoisotopic (exact) mass is 354 g/mol. The number of anilines is 1. The van der Waals surface area contributed by atoms with Gasteiger partial charge in [0, 0.05) is 48.4 Å². The molecule has 1 aromatic carbocycles. The zero-order valence-electron chi connectivity index (χ0n) is 13.6. The van der Waals surface area contributed by atoms with Gasteiger partial charge in [-0.15, -0.1) is 0 Å². The van der Waals surface area contributed by atoms with Crippen LogP contribution in [0.5, 0.6) is 0 Å². The van der Waals surface area contributed by atoms with Gasteiger partial charge in [-0.05, 0) is 44.9 Å². The Morgan fingerprint density at radius 2 is 2.14 bits per heavy atom. The Morgan fingerprint density at radius 3 is 2.76 bits per heavy atom. The Kier molecular flexibility index (Phi) is 5.69. The van der Waals surface area contributed by atoms with Gasteiger partial charge >= 0.3 is 0 Å². The number of methoxy groups -OCH3 is 1. The van der Waals surface area contributed by atoms with Gasteiger partial charge in [-0.25, -0.2) is 0 Å². The molecule has 4 heteroatoms. The molecule has 1 unspecified atom stereocenters. The van der Waals surface area contributed by atoms with Crippen LogP contribution in [0.2, 0.25) is 0 Å². The molecule has 0 spiro atoms. The lowest BCUT2D eigenvalue weighted by Gasteiger charge is -2.23. The van der Waals surface area contributed by atoms with E-state index in [0.29, 0.717) is 5.92 Å². The Bertz CT molecular complexity index is 470. The largest absolute Gasteiger partial charge is 0.384 e. The summed E-state index contributed by atoms with van der Waals surface area (Å²) in [6, 6.07) is 6.70. The molecular formula is C17H27BrN2O. The molecule has 118 valence electrons. The van der Waals surface area contributed by atoms with Crippen LogP contribution in [0.3, 0.4) is 0 Å². The predicted octanol–water partition coefficient (Wildman–Crippen LogP) is 3.81. The zero-order valence-corrected chi connectivity index (χ0v) is 15.2. The molecule has 1 fully saturated rings. The van der Waals surface area contributed by atoms with Gasteiger partial charge in [0.25, 0.3) is 0 Å². The van der Waals surface area contributed by atoms with Crippen LogP contribution in [-0.4, -0.2) is 32.3 Å². The standard InChI is InChI=1S/C17H27BrN2O/c1-17(2,3)19-10-14-5-6-15(9-16(14)18)20-8-7-13(11-20)12-21-4/h5-6,9,13,19H,7-8,10-12H2,1-4H3. The summed E-state index contributed by atoms with van der Waals surface area (Å²) in [4.78, 5) is 2.45. The maximum Gasteiger partial charge on any atom is 0.0508 e. The minimum atomic E-state index is 0.139. The molecule has 0 aliphatic carbocycles.